The minimum atomic E-state index is 0.163. The molecule has 338 valence electrons. The number of aryl methyl sites for hydroxylation is 2. The van der Waals surface area contributed by atoms with Crippen molar-refractivity contribution in [1.29, 1.82) is 0 Å². The number of nitrogens with two attached hydrogens (primary N) is 2. The number of anilines is 6. The maximum absolute atomic E-state index is 6.05. The zero-order valence-electron chi connectivity index (χ0n) is 38.0. The van der Waals surface area contributed by atoms with Crippen LogP contribution < -0.4 is 32.7 Å². The van der Waals surface area contributed by atoms with E-state index in [-0.39, 0.29) is 11.9 Å². The molecular formula is C46H82N12O2. The van der Waals surface area contributed by atoms with E-state index in [1.54, 1.807) is 0 Å². The second-order valence-corrected chi connectivity index (χ2v) is 16.2. The van der Waals surface area contributed by atoms with Gasteiger partial charge >= 0.3 is 0 Å². The largest absolute Gasteiger partial charge is 0.381 e. The third kappa shape index (κ3) is 23.7. The van der Waals surface area contributed by atoms with Crippen LogP contribution in [0, 0.1) is 13.8 Å². The Balaban J connectivity index is 1.31. The predicted molar refractivity (Wildman–Crippen MR) is 251 cm³/mol. The summed E-state index contributed by atoms with van der Waals surface area (Å²) in [5.74, 6) is 2.06. The fourth-order valence-corrected chi connectivity index (χ4v) is 7.11. The molecule has 2 heterocycles. The first-order valence-electron chi connectivity index (χ1n) is 23.6. The monoisotopic (exact) mass is 835 g/mol. The Kier molecular flexibility index (Phi) is 27.4. The predicted octanol–water partition coefficient (Wildman–Crippen LogP) is 10.5. The van der Waals surface area contributed by atoms with E-state index in [2.05, 4.69) is 91.0 Å². The number of ether oxygens (including phenoxy) is 2. The normalized spacial score (nSPS) is 11.3. The molecule has 3 rings (SSSR count). The van der Waals surface area contributed by atoms with Gasteiger partial charge in [0.05, 0.1) is 0 Å². The third-order valence-corrected chi connectivity index (χ3v) is 10.8. The summed E-state index contributed by atoms with van der Waals surface area (Å²) < 4.78 is 11.7. The fourth-order valence-electron chi connectivity index (χ4n) is 7.11. The van der Waals surface area contributed by atoms with Crippen LogP contribution in [-0.2, 0) is 22.6 Å². The number of benzene rings is 1. The molecule has 0 atom stereocenters. The van der Waals surface area contributed by atoms with E-state index in [0.29, 0.717) is 63.2 Å². The molecule has 1 aromatic carbocycles. The van der Waals surface area contributed by atoms with Crippen LogP contribution in [0.1, 0.15) is 177 Å². The minimum Gasteiger partial charge on any atom is -0.381 e. The average molecular weight is 835 g/mol. The van der Waals surface area contributed by atoms with Gasteiger partial charge < -0.3 is 42.2 Å². The topological polar surface area (TPSA) is 196 Å². The molecule has 0 aliphatic rings. The summed E-state index contributed by atoms with van der Waals surface area (Å²) in [5, 5.41) is 13.2. The second-order valence-electron chi connectivity index (χ2n) is 16.2. The molecule has 8 N–H and O–H groups in total. The van der Waals surface area contributed by atoms with E-state index in [1.807, 2.05) is 0 Å². The molecule has 0 aliphatic heterocycles. The second kappa shape index (κ2) is 32.7. The van der Waals surface area contributed by atoms with Crippen molar-refractivity contribution < 1.29 is 9.47 Å². The third-order valence-electron chi connectivity index (χ3n) is 10.8. The van der Waals surface area contributed by atoms with Gasteiger partial charge in [-0.2, -0.15) is 29.9 Å². The molecule has 14 heteroatoms. The molecule has 60 heavy (non-hydrogen) atoms. The van der Waals surface area contributed by atoms with Gasteiger partial charge in [0.15, 0.2) is 0 Å². The molecule has 0 spiro atoms. The molecule has 0 saturated heterocycles. The minimum absolute atomic E-state index is 0.163. The SMILES string of the molecule is CCCCCCCCCCCCOCCCNc1nc(N)nc(NCc2cc(CNc3nc(N)nc(NCCCOCCCCCCCCCCCC)n3)c(C)cc2C)n1. The highest BCUT2D eigenvalue weighted by atomic mass is 16.5. The molecular weight excluding hydrogens is 753 g/mol. The summed E-state index contributed by atoms with van der Waals surface area (Å²) in [6.45, 7) is 14.2. The number of nitrogen functional groups attached to an aromatic ring is 2. The van der Waals surface area contributed by atoms with E-state index >= 15 is 0 Å². The van der Waals surface area contributed by atoms with E-state index in [0.717, 1.165) is 61.2 Å². The molecule has 0 unspecified atom stereocenters. The number of nitrogens with zero attached hydrogens (tertiary/aromatic N) is 6. The molecule has 0 radical (unpaired) electrons. The zero-order chi connectivity index (χ0) is 42.9. The summed E-state index contributed by atoms with van der Waals surface area (Å²) in [4.78, 5) is 26.3. The van der Waals surface area contributed by atoms with Gasteiger partial charge in [0.1, 0.15) is 0 Å². The van der Waals surface area contributed by atoms with Crippen molar-refractivity contribution in [2.75, 3.05) is 72.3 Å². The highest BCUT2D eigenvalue weighted by Crippen LogP contribution is 2.20. The van der Waals surface area contributed by atoms with Crippen LogP contribution in [-0.4, -0.2) is 69.4 Å². The van der Waals surface area contributed by atoms with Crippen molar-refractivity contribution in [1.82, 2.24) is 29.9 Å². The highest BCUT2D eigenvalue weighted by Gasteiger charge is 2.10. The number of hydrogen-bond donors (Lipinski definition) is 6. The van der Waals surface area contributed by atoms with Gasteiger partial charge in [-0.15, -0.1) is 0 Å². The molecule has 0 bridgehead atoms. The average Bonchev–Trinajstić information content (AvgIpc) is 3.22. The van der Waals surface area contributed by atoms with Crippen LogP contribution in [0.15, 0.2) is 12.1 Å². The Morgan fingerprint density at radius 3 is 1.08 bits per heavy atom. The highest BCUT2D eigenvalue weighted by molar-refractivity contribution is 5.45. The number of rotatable bonds is 38. The summed E-state index contributed by atoms with van der Waals surface area (Å²) in [5.41, 5.74) is 16.6. The molecule has 0 aliphatic carbocycles. The molecule has 2 aromatic heterocycles. The Morgan fingerprint density at radius 1 is 0.400 bits per heavy atom. The van der Waals surface area contributed by atoms with E-state index in [9.17, 15) is 0 Å². The zero-order valence-corrected chi connectivity index (χ0v) is 38.0. The van der Waals surface area contributed by atoms with Crippen molar-refractivity contribution >= 4 is 35.7 Å². The standard InChI is InChI=1S/C46H82N12O2/c1-5-7-9-11-13-15-17-19-21-23-29-59-31-25-27-49-43-53-41(47)55-45(57-43)51-35-39-34-40(38(4)33-37(39)3)36-52-46-56-42(48)54-44(58-46)50-28-26-32-60-30-24-22-20-18-16-14-12-10-8-6-2/h33-34H,5-32,35-36H2,1-4H3,(H4,47,49,51,53,55,57)(H4,48,50,52,54,56,58). The first-order valence-corrected chi connectivity index (χ1v) is 23.6. The molecule has 0 saturated carbocycles. The van der Waals surface area contributed by atoms with Gasteiger partial charge in [0.25, 0.3) is 0 Å². The van der Waals surface area contributed by atoms with Crippen LogP contribution in [0.4, 0.5) is 35.7 Å². The van der Waals surface area contributed by atoms with Crippen molar-refractivity contribution in [2.45, 2.75) is 182 Å². The molecule has 3 aromatic rings. The summed E-state index contributed by atoms with van der Waals surface area (Å²) >= 11 is 0. The lowest BCUT2D eigenvalue weighted by atomic mass is 10.00. The van der Waals surface area contributed by atoms with Gasteiger partial charge in [0, 0.05) is 52.6 Å². The number of nitrogens with one attached hydrogen (secondary N) is 4. The lowest BCUT2D eigenvalue weighted by Gasteiger charge is -2.15. The maximum atomic E-state index is 6.05. The van der Waals surface area contributed by atoms with Gasteiger partial charge in [-0.25, -0.2) is 0 Å². The van der Waals surface area contributed by atoms with Gasteiger partial charge in [-0.3, -0.25) is 0 Å². The van der Waals surface area contributed by atoms with Crippen molar-refractivity contribution in [3.05, 3.63) is 34.4 Å². The smallest absolute Gasteiger partial charge is 0.229 e. The van der Waals surface area contributed by atoms with E-state index in [1.165, 1.54) is 116 Å². The van der Waals surface area contributed by atoms with Gasteiger partial charge in [0.2, 0.25) is 35.7 Å². The lowest BCUT2D eigenvalue weighted by molar-refractivity contribution is 0.129. The Bertz CT molecular complexity index is 1440. The molecule has 0 amide bonds. The van der Waals surface area contributed by atoms with Crippen molar-refractivity contribution in [3.63, 3.8) is 0 Å². The van der Waals surface area contributed by atoms with E-state index in [4.69, 9.17) is 20.9 Å². The first kappa shape index (κ1) is 50.3. The van der Waals surface area contributed by atoms with Gasteiger partial charge in [-0.1, -0.05) is 142 Å². The Labute approximate surface area is 362 Å². The molecule has 0 fully saturated rings. The van der Waals surface area contributed by atoms with E-state index < -0.39 is 0 Å². The number of aromatic nitrogens is 6. The Morgan fingerprint density at radius 2 is 0.717 bits per heavy atom. The summed E-state index contributed by atoms with van der Waals surface area (Å²) in [7, 11) is 0. The van der Waals surface area contributed by atoms with Gasteiger partial charge in [-0.05, 0) is 61.8 Å². The van der Waals surface area contributed by atoms with Crippen LogP contribution in [0.5, 0.6) is 0 Å². The van der Waals surface area contributed by atoms with Crippen LogP contribution in [0.2, 0.25) is 0 Å². The van der Waals surface area contributed by atoms with Crippen molar-refractivity contribution in [3.8, 4) is 0 Å². The quantitative estimate of drug-likeness (QED) is 0.0298. The number of hydrogen-bond acceptors (Lipinski definition) is 14. The van der Waals surface area contributed by atoms with Crippen LogP contribution in [0.3, 0.4) is 0 Å². The van der Waals surface area contributed by atoms with Crippen molar-refractivity contribution in [2.24, 2.45) is 0 Å². The lowest BCUT2D eigenvalue weighted by Crippen LogP contribution is -2.14. The Hall–Kier alpha value is -4.04. The number of unbranched alkanes of at least 4 members (excludes halogenated alkanes) is 18. The summed E-state index contributed by atoms with van der Waals surface area (Å²) in [6.07, 6.45) is 28.3. The summed E-state index contributed by atoms with van der Waals surface area (Å²) in [6, 6.07) is 4.35. The first-order chi connectivity index (χ1) is 29.4. The molecule has 14 nitrogen and oxygen atoms in total. The maximum Gasteiger partial charge on any atom is 0.229 e. The van der Waals surface area contributed by atoms with Crippen LogP contribution in [0.25, 0.3) is 0 Å². The fraction of sp³-hybridized carbons (Fsp3) is 0.739. The van der Waals surface area contributed by atoms with Crippen LogP contribution >= 0.6 is 0 Å².